The molecule has 0 aliphatic rings. The third kappa shape index (κ3) is 4.31. The zero-order valence-corrected chi connectivity index (χ0v) is 14.3. The van der Waals surface area contributed by atoms with Gasteiger partial charge >= 0.3 is 0 Å². The predicted molar refractivity (Wildman–Crippen MR) is 96.9 cm³/mol. The van der Waals surface area contributed by atoms with Crippen LogP contribution in [0.3, 0.4) is 0 Å². The van der Waals surface area contributed by atoms with Crippen molar-refractivity contribution in [2.24, 2.45) is 0 Å². The highest BCUT2D eigenvalue weighted by molar-refractivity contribution is 5.78. The standard InChI is InChI=1S/C19H19FN4O2/c1-24(12-18(25)21-10-13-6-2-4-8-15(13)20)11-17-22-16-9-5-3-7-14(16)19(26)23-17/h2-9H,10-12H2,1H3,(H,21,25)(H,22,23,26). The molecule has 26 heavy (non-hydrogen) atoms. The van der Waals surface area contributed by atoms with Gasteiger partial charge in [-0.1, -0.05) is 30.3 Å². The van der Waals surface area contributed by atoms with Crippen molar-refractivity contribution in [3.05, 3.63) is 76.1 Å². The van der Waals surface area contributed by atoms with E-state index in [1.54, 1.807) is 48.3 Å². The average molecular weight is 354 g/mol. The Kier molecular flexibility index (Phi) is 5.38. The minimum absolute atomic E-state index is 0.102. The fourth-order valence-corrected chi connectivity index (χ4v) is 2.66. The lowest BCUT2D eigenvalue weighted by Gasteiger charge is -2.16. The molecule has 3 aromatic rings. The third-order valence-corrected chi connectivity index (χ3v) is 3.93. The van der Waals surface area contributed by atoms with Crippen LogP contribution in [0.25, 0.3) is 10.9 Å². The topological polar surface area (TPSA) is 78.1 Å². The van der Waals surface area contributed by atoms with E-state index in [1.807, 2.05) is 6.07 Å². The monoisotopic (exact) mass is 354 g/mol. The molecular weight excluding hydrogens is 335 g/mol. The van der Waals surface area contributed by atoms with Crippen molar-refractivity contribution in [1.82, 2.24) is 20.2 Å². The molecule has 0 aliphatic carbocycles. The van der Waals surface area contributed by atoms with Crippen LogP contribution in [0.4, 0.5) is 4.39 Å². The first-order valence-corrected chi connectivity index (χ1v) is 8.19. The Morgan fingerprint density at radius 3 is 2.73 bits per heavy atom. The predicted octanol–water partition coefficient (Wildman–Crippen LogP) is 1.81. The van der Waals surface area contributed by atoms with Gasteiger partial charge in [-0.15, -0.1) is 0 Å². The Labute approximate surface area is 149 Å². The van der Waals surface area contributed by atoms with Crippen molar-refractivity contribution in [3.63, 3.8) is 0 Å². The van der Waals surface area contributed by atoms with Crippen molar-refractivity contribution >= 4 is 16.8 Å². The maximum atomic E-state index is 13.6. The molecule has 1 aromatic heterocycles. The van der Waals surface area contributed by atoms with Gasteiger partial charge in [0, 0.05) is 12.1 Å². The second-order valence-corrected chi connectivity index (χ2v) is 6.07. The third-order valence-electron chi connectivity index (χ3n) is 3.93. The number of nitrogens with zero attached hydrogens (tertiary/aromatic N) is 2. The van der Waals surface area contributed by atoms with Gasteiger partial charge < -0.3 is 10.3 Å². The number of benzene rings is 2. The summed E-state index contributed by atoms with van der Waals surface area (Å²) in [5.74, 6) is -0.101. The molecule has 0 bridgehead atoms. The Morgan fingerprint density at radius 1 is 1.19 bits per heavy atom. The number of carbonyl (C=O) groups is 1. The van der Waals surface area contributed by atoms with Crippen LogP contribution in [-0.2, 0) is 17.9 Å². The molecule has 2 N–H and O–H groups in total. The molecule has 6 nitrogen and oxygen atoms in total. The highest BCUT2D eigenvalue weighted by Gasteiger charge is 2.10. The Morgan fingerprint density at radius 2 is 1.92 bits per heavy atom. The van der Waals surface area contributed by atoms with Crippen LogP contribution >= 0.6 is 0 Å². The highest BCUT2D eigenvalue weighted by atomic mass is 19.1. The first-order chi connectivity index (χ1) is 12.5. The number of rotatable bonds is 6. The smallest absolute Gasteiger partial charge is 0.258 e. The van der Waals surface area contributed by atoms with E-state index in [9.17, 15) is 14.0 Å². The number of likely N-dealkylation sites (N-methyl/N-ethyl adjacent to an activating group) is 1. The van der Waals surface area contributed by atoms with Gasteiger partial charge in [-0.2, -0.15) is 0 Å². The lowest BCUT2D eigenvalue weighted by molar-refractivity contribution is -0.122. The molecule has 2 aromatic carbocycles. The minimum atomic E-state index is -0.348. The zero-order chi connectivity index (χ0) is 18.5. The van der Waals surface area contributed by atoms with Crippen LogP contribution in [0.1, 0.15) is 11.4 Å². The number of amides is 1. The fourth-order valence-electron chi connectivity index (χ4n) is 2.66. The van der Waals surface area contributed by atoms with Gasteiger partial charge in [0.05, 0.1) is 24.0 Å². The molecule has 0 saturated heterocycles. The number of hydrogen-bond donors (Lipinski definition) is 2. The van der Waals surface area contributed by atoms with Gasteiger partial charge in [0.2, 0.25) is 5.91 Å². The second-order valence-electron chi connectivity index (χ2n) is 6.07. The molecule has 0 radical (unpaired) electrons. The van der Waals surface area contributed by atoms with Crippen LogP contribution < -0.4 is 10.9 Å². The summed E-state index contributed by atoms with van der Waals surface area (Å²) in [7, 11) is 1.75. The summed E-state index contributed by atoms with van der Waals surface area (Å²) in [4.78, 5) is 33.0. The number of aromatic nitrogens is 2. The number of halogens is 1. The zero-order valence-electron chi connectivity index (χ0n) is 14.3. The second kappa shape index (κ2) is 7.88. The number of nitrogens with one attached hydrogen (secondary N) is 2. The van der Waals surface area contributed by atoms with E-state index in [0.29, 0.717) is 28.8 Å². The number of H-pyrrole nitrogens is 1. The Hall–Kier alpha value is -3.06. The lowest BCUT2D eigenvalue weighted by atomic mass is 10.2. The summed E-state index contributed by atoms with van der Waals surface area (Å²) in [5, 5.41) is 3.21. The van der Waals surface area contributed by atoms with Gasteiger partial charge in [-0.05, 0) is 25.2 Å². The van der Waals surface area contributed by atoms with Gasteiger partial charge in [0.1, 0.15) is 11.6 Å². The van der Waals surface area contributed by atoms with Crippen molar-refractivity contribution in [3.8, 4) is 0 Å². The summed E-state index contributed by atoms with van der Waals surface area (Å²) in [6.45, 7) is 0.544. The van der Waals surface area contributed by atoms with E-state index in [2.05, 4.69) is 15.3 Å². The largest absolute Gasteiger partial charge is 0.351 e. The molecule has 0 unspecified atom stereocenters. The van der Waals surface area contributed by atoms with Crippen molar-refractivity contribution in [2.75, 3.05) is 13.6 Å². The summed E-state index contributed by atoms with van der Waals surface area (Å²) >= 11 is 0. The van der Waals surface area contributed by atoms with E-state index >= 15 is 0 Å². The fraction of sp³-hybridized carbons (Fsp3) is 0.211. The van der Waals surface area contributed by atoms with E-state index in [1.165, 1.54) is 6.07 Å². The van der Waals surface area contributed by atoms with Crippen molar-refractivity contribution < 1.29 is 9.18 Å². The average Bonchev–Trinajstić information content (AvgIpc) is 2.61. The summed E-state index contributed by atoms with van der Waals surface area (Å²) in [5.41, 5.74) is 0.843. The normalized spacial score (nSPS) is 11.0. The molecule has 1 amide bonds. The molecule has 0 spiro atoms. The van der Waals surface area contributed by atoms with Gasteiger partial charge in [-0.3, -0.25) is 14.5 Å². The maximum Gasteiger partial charge on any atom is 0.258 e. The van der Waals surface area contributed by atoms with Crippen LogP contribution in [0, 0.1) is 5.82 Å². The van der Waals surface area contributed by atoms with Gasteiger partial charge in [-0.25, -0.2) is 9.37 Å². The molecule has 0 fully saturated rings. The number of fused-ring (bicyclic) bond motifs is 1. The van der Waals surface area contributed by atoms with Crippen LogP contribution in [-0.4, -0.2) is 34.4 Å². The Bertz CT molecular complexity index is 986. The molecule has 1 heterocycles. The lowest BCUT2D eigenvalue weighted by Crippen LogP contribution is -2.35. The van der Waals surface area contributed by atoms with Gasteiger partial charge in [0.15, 0.2) is 0 Å². The van der Waals surface area contributed by atoms with E-state index in [4.69, 9.17) is 0 Å². The SMILES string of the molecule is CN(CC(=O)NCc1ccccc1F)Cc1nc2ccccc2c(=O)[nH]1. The summed E-state index contributed by atoms with van der Waals surface area (Å²) < 4.78 is 13.6. The van der Waals surface area contributed by atoms with E-state index < -0.39 is 0 Å². The number of para-hydroxylation sites is 1. The highest BCUT2D eigenvalue weighted by Crippen LogP contribution is 2.07. The van der Waals surface area contributed by atoms with E-state index in [0.717, 1.165) is 0 Å². The van der Waals surface area contributed by atoms with Crippen LogP contribution in [0.5, 0.6) is 0 Å². The molecule has 7 heteroatoms. The number of hydrogen-bond acceptors (Lipinski definition) is 4. The summed E-state index contributed by atoms with van der Waals surface area (Å²) in [6, 6.07) is 13.4. The number of carbonyl (C=O) groups excluding carboxylic acids is 1. The molecule has 0 aliphatic heterocycles. The molecule has 134 valence electrons. The van der Waals surface area contributed by atoms with E-state index in [-0.39, 0.29) is 30.4 Å². The molecule has 0 atom stereocenters. The molecule has 3 rings (SSSR count). The minimum Gasteiger partial charge on any atom is -0.351 e. The summed E-state index contributed by atoms with van der Waals surface area (Å²) in [6.07, 6.45) is 0. The van der Waals surface area contributed by atoms with Crippen molar-refractivity contribution in [1.29, 1.82) is 0 Å². The quantitative estimate of drug-likeness (QED) is 0.708. The van der Waals surface area contributed by atoms with Gasteiger partial charge in [0.25, 0.3) is 5.56 Å². The van der Waals surface area contributed by atoms with Crippen LogP contribution in [0.2, 0.25) is 0 Å². The molecule has 0 saturated carbocycles. The molecular formula is C19H19FN4O2. The maximum absolute atomic E-state index is 13.6. The van der Waals surface area contributed by atoms with Crippen molar-refractivity contribution in [2.45, 2.75) is 13.1 Å². The first-order valence-electron chi connectivity index (χ1n) is 8.19. The van der Waals surface area contributed by atoms with Crippen LogP contribution in [0.15, 0.2) is 53.3 Å². The number of aromatic amines is 1. The first kappa shape index (κ1) is 17.8. The Balaban J connectivity index is 1.58.